The monoisotopic (exact) mass is 448 g/mol. The molecule has 0 heterocycles. The zero-order valence-electron chi connectivity index (χ0n) is 13.1. The fourth-order valence-corrected chi connectivity index (χ4v) is 4.68. The smallest absolute Gasteiger partial charge is 0.748 e. The SMILES string of the molecule is CSSCCCS(=O)(=O)[O-].CSSCCCS(=O)(=O)[O-].[Na+].[Na+]. The van der Waals surface area contributed by atoms with Gasteiger partial charge in [-0.1, -0.05) is 43.2 Å². The Hall–Kier alpha value is 3.22. The molecule has 0 bridgehead atoms. The van der Waals surface area contributed by atoms with Crippen molar-refractivity contribution in [1.82, 2.24) is 0 Å². The average Bonchev–Trinajstić information content (AvgIpc) is 2.29. The van der Waals surface area contributed by atoms with Crippen LogP contribution in [0, 0.1) is 0 Å². The molecule has 0 aliphatic heterocycles. The Balaban J connectivity index is -0.000000135. The van der Waals surface area contributed by atoms with Crippen LogP contribution in [0.5, 0.6) is 0 Å². The van der Waals surface area contributed by atoms with Gasteiger partial charge in [0.15, 0.2) is 0 Å². The van der Waals surface area contributed by atoms with E-state index >= 15 is 0 Å². The van der Waals surface area contributed by atoms with Crippen molar-refractivity contribution in [3.05, 3.63) is 0 Å². The summed E-state index contributed by atoms with van der Waals surface area (Å²) in [5.74, 6) is 0.979. The maximum absolute atomic E-state index is 10.0. The summed E-state index contributed by atoms with van der Waals surface area (Å²) in [4.78, 5) is 0. The summed E-state index contributed by atoms with van der Waals surface area (Å²) >= 11 is 0. The van der Waals surface area contributed by atoms with Crippen molar-refractivity contribution < 1.29 is 85.1 Å². The van der Waals surface area contributed by atoms with Crippen molar-refractivity contribution >= 4 is 63.4 Å². The van der Waals surface area contributed by atoms with Crippen LogP contribution in [0.3, 0.4) is 0 Å². The molecule has 0 rings (SSSR count). The van der Waals surface area contributed by atoms with Crippen LogP contribution < -0.4 is 59.1 Å². The Labute approximate surface area is 194 Å². The van der Waals surface area contributed by atoms with E-state index in [9.17, 15) is 25.9 Å². The van der Waals surface area contributed by atoms with Crippen molar-refractivity contribution in [3.63, 3.8) is 0 Å². The van der Waals surface area contributed by atoms with E-state index in [1.54, 1.807) is 43.2 Å². The van der Waals surface area contributed by atoms with Crippen LogP contribution in [0.1, 0.15) is 12.8 Å². The molecular formula is C8H18Na2O6S6. The van der Waals surface area contributed by atoms with Gasteiger partial charge in [0.05, 0.1) is 20.2 Å². The zero-order chi connectivity index (χ0) is 16.1. The molecule has 0 N–H and O–H groups in total. The van der Waals surface area contributed by atoms with Crippen LogP contribution in [-0.2, 0) is 20.2 Å². The molecule has 0 aromatic rings. The summed E-state index contributed by atoms with van der Waals surface area (Å²) < 4.78 is 60.1. The maximum atomic E-state index is 10.0. The van der Waals surface area contributed by atoms with Crippen LogP contribution >= 0.6 is 43.2 Å². The van der Waals surface area contributed by atoms with Gasteiger partial charge in [0.2, 0.25) is 0 Å². The van der Waals surface area contributed by atoms with Crippen molar-refractivity contribution in [3.8, 4) is 0 Å². The minimum absolute atomic E-state index is 0. The van der Waals surface area contributed by atoms with Crippen molar-refractivity contribution in [2.45, 2.75) is 12.8 Å². The Morgan fingerprint density at radius 1 is 0.727 bits per heavy atom. The van der Waals surface area contributed by atoms with Gasteiger partial charge in [0.25, 0.3) is 0 Å². The Bertz CT molecular complexity index is 375. The van der Waals surface area contributed by atoms with Crippen LogP contribution in [0.2, 0.25) is 0 Å². The summed E-state index contributed by atoms with van der Waals surface area (Å²) in [6, 6.07) is 0. The number of rotatable bonds is 10. The van der Waals surface area contributed by atoms with Gasteiger partial charge in [-0.15, -0.1) is 0 Å². The minimum atomic E-state index is -3.98. The predicted octanol–water partition coefficient (Wildman–Crippen LogP) is -4.13. The summed E-state index contributed by atoms with van der Waals surface area (Å²) in [5, 5.41) is 0. The zero-order valence-corrected chi connectivity index (χ0v) is 22.0. The van der Waals surface area contributed by atoms with Crippen LogP contribution in [0.25, 0.3) is 0 Å². The summed E-state index contributed by atoms with van der Waals surface area (Å²) in [6.07, 6.45) is 4.74. The Kier molecular flexibility index (Phi) is 30.7. The molecule has 0 saturated carbocycles. The molecule has 124 valence electrons. The molecule has 0 fully saturated rings. The number of hydrogen-bond donors (Lipinski definition) is 0. The van der Waals surface area contributed by atoms with Crippen LogP contribution in [0.15, 0.2) is 0 Å². The summed E-state index contributed by atoms with van der Waals surface area (Å²) in [7, 11) is -1.69. The second kappa shape index (κ2) is 20.5. The van der Waals surface area contributed by atoms with Crippen LogP contribution in [-0.4, -0.2) is 61.5 Å². The van der Waals surface area contributed by atoms with Crippen molar-refractivity contribution in [2.24, 2.45) is 0 Å². The minimum Gasteiger partial charge on any atom is -0.748 e. The summed E-state index contributed by atoms with van der Waals surface area (Å²) in [5.41, 5.74) is 0. The molecule has 6 nitrogen and oxygen atoms in total. The Morgan fingerprint density at radius 2 is 1.00 bits per heavy atom. The molecule has 22 heavy (non-hydrogen) atoms. The van der Waals surface area contributed by atoms with Crippen molar-refractivity contribution in [2.75, 3.05) is 35.5 Å². The third kappa shape index (κ3) is 38.7. The van der Waals surface area contributed by atoms with E-state index < -0.39 is 20.2 Å². The molecular weight excluding hydrogens is 430 g/mol. The van der Waals surface area contributed by atoms with E-state index in [0.29, 0.717) is 12.8 Å². The fourth-order valence-electron chi connectivity index (χ4n) is 0.756. The second-order valence-electron chi connectivity index (χ2n) is 3.21. The first kappa shape index (κ1) is 32.9. The first-order chi connectivity index (χ1) is 9.12. The van der Waals surface area contributed by atoms with Gasteiger partial charge >= 0.3 is 59.1 Å². The van der Waals surface area contributed by atoms with E-state index in [1.165, 1.54) is 0 Å². The predicted molar refractivity (Wildman–Crippen MR) is 90.3 cm³/mol. The third-order valence-electron chi connectivity index (χ3n) is 1.48. The molecule has 0 aliphatic carbocycles. The molecule has 0 atom stereocenters. The van der Waals surface area contributed by atoms with Gasteiger partial charge in [0, 0.05) is 23.0 Å². The molecule has 0 aromatic carbocycles. The maximum Gasteiger partial charge on any atom is 1.00 e. The van der Waals surface area contributed by atoms with E-state index in [-0.39, 0.29) is 70.6 Å². The average molecular weight is 449 g/mol. The molecule has 0 amide bonds. The molecule has 14 heteroatoms. The second-order valence-corrected chi connectivity index (χ2v) is 11.6. The third-order valence-corrected chi connectivity index (χ3v) is 6.85. The molecule has 0 saturated heterocycles. The topological polar surface area (TPSA) is 114 Å². The van der Waals surface area contributed by atoms with Gasteiger partial charge in [-0.3, -0.25) is 0 Å². The Morgan fingerprint density at radius 3 is 1.18 bits per heavy atom. The largest absolute Gasteiger partial charge is 1.00 e. The quantitative estimate of drug-likeness (QED) is 0.141. The molecule has 0 spiro atoms. The first-order valence-corrected chi connectivity index (χ1v) is 13.9. The molecule has 0 aromatic heterocycles. The van der Waals surface area contributed by atoms with Gasteiger partial charge in [-0.2, -0.15) is 0 Å². The van der Waals surface area contributed by atoms with Crippen LogP contribution in [0.4, 0.5) is 0 Å². The molecule has 0 radical (unpaired) electrons. The summed E-state index contributed by atoms with van der Waals surface area (Å²) in [6.45, 7) is 0. The van der Waals surface area contributed by atoms with E-state index in [0.717, 1.165) is 11.5 Å². The normalized spacial score (nSPS) is 10.7. The standard InChI is InChI=1S/2C4H10O3S3.2Na/c2*1-8-9-3-2-4-10(5,6)7;;/h2*2-4H2,1H3,(H,5,6,7);;/q;;2*+1/p-2. The number of hydrogen-bond acceptors (Lipinski definition) is 10. The van der Waals surface area contributed by atoms with E-state index in [2.05, 4.69) is 0 Å². The fraction of sp³-hybridized carbons (Fsp3) is 1.00. The van der Waals surface area contributed by atoms with E-state index in [4.69, 9.17) is 0 Å². The molecule has 0 unspecified atom stereocenters. The van der Waals surface area contributed by atoms with Gasteiger partial charge in [-0.25, -0.2) is 16.8 Å². The van der Waals surface area contributed by atoms with Gasteiger partial charge in [0.1, 0.15) is 0 Å². The first-order valence-electron chi connectivity index (χ1n) is 5.30. The molecule has 0 aliphatic rings. The van der Waals surface area contributed by atoms with Gasteiger partial charge < -0.3 is 9.11 Å². The van der Waals surface area contributed by atoms with Crippen molar-refractivity contribution in [1.29, 1.82) is 0 Å². The van der Waals surface area contributed by atoms with E-state index in [1.807, 2.05) is 12.5 Å². The van der Waals surface area contributed by atoms with Gasteiger partial charge in [-0.05, 0) is 25.4 Å².